The van der Waals surface area contributed by atoms with E-state index in [2.05, 4.69) is 10.3 Å². The van der Waals surface area contributed by atoms with Crippen LogP contribution in [0.5, 0.6) is 0 Å². The highest BCUT2D eigenvalue weighted by molar-refractivity contribution is 6.21. The number of nitrogens with one attached hydrogen (secondary N) is 1. The zero-order chi connectivity index (χ0) is 41.3. The summed E-state index contributed by atoms with van der Waals surface area (Å²) in [5.74, 6) is -0.789. The van der Waals surface area contributed by atoms with Gasteiger partial charge in [-0.1, -0.05) is 153 Å². The van der Waals surface area contributed by atoms with Gasteiger partial charge in [-0.15, -0.1) is 0 Å². The van der Waals surface area contributed by atoms with Crippen LogP contribution in [0.3, 0.4) is 0 Å². The van der Waals surface area contributed by atoms with Crippen molar-refractivity contribution in [1.29, 1.82) is 0 Å². The van der Waals surface area contributed by atoms with Gasteiger partial charge in [-0.2, -0.15) is 0 Å². The Morgan fingerprint density at radius 2 is 1.15 bits per heavy atom. The van der Waals surface area contributed by atoms with Gasteiger partial charge in [-0.25, -0.2) is 4.99 Å². The molecule has 5 aromatic rings. The first-order valence-electron chi connectivity index (χ1n) is 20.7. The third kappa shape index (κ3) is 9.58. The van der Waals surface area contributed by atoms with Gasteiger partial charge in [0.05, 0.1) is 34.8 Å². The Morgan fingerprint density at radius 3 is 1.71 bits per heavy atom. The van der Waals surface area contributed by atoms with Crippen LogP contribution in [-0.4, -0.2) is 66.7 Å². The Morgan fingerprint density at radius 1 is 0.678 bits per heavy atom. The van der Waals surface area contributed by atoms with E-state index in [1.807, 2.05) is 146 Å². The second-order valence-electron chi connectivity index (χ2n) is 15.7. The van der Waals surface area contributed by atoms with Crippen molar-refractivity contribution in [1.82, 2.24) is 5.32 Å². The number of aliphatic imine (C=N–C) groups is 2. The lowest BCUT2D eigenvalue weighted by molar-refractivity contribution is -0.133. The lowest BCUT2D eigenvalue weighted by Crippen LogP contribution is -2.49. The van der Waals surface area contributed by atoms with Gasteiger partial charge in [-0.05, 0) is 49.8 Å². The normalized spacial score (nSPS) is 18.8. The molecule has 9 nitrogen and oxygen atoms in total. The Balaban J connectivity index is 0.000000221. The molecule has 1 saturated carbocycles. The van der Waals surface area contributed by atoms with Gasteiger partial charge in [0.15, 0.2) is 0 Å². The van der Waals surface area contributed by atoms with Gasteiger partial charge in [0.2, 0.25) is 12.1 Å². The van der Waals surface area contributed by atoms with E-state index in [0.717, 1.165) is 70.6 Å². The summed E-state index contributed by atoms with van der Waals surface area (Å²) in [5.41, 5.74) is 8.06. The van der Waals surface area contributed by atoms with Crippen molar-refractivity contribution in [2.45, 2.75) is 70.2 Å². The van der Waals surface area contributed by atoms with E-state index in [4.69, 9.17) is 4.99 Å². The van der Waals surface area contributed by atoms with Gasteiger partial charge in [0.1, 0.15) is 6.04 Å². The maximum atomic E-state index is 13.8. The molecule has 9 heteroatoms. The average Bonchev–Trinajstić information content (AvgIpc) is 3.75. The number of aliphatic hydroxyl groups excluding tert-OH is 1. The number of benzene rings is 5. The fourth-order valence-corrected chi connectivity index (χ4v) is 8.40. The summed E-state index contributed by atoms with van der Waals surface area (Å²) in [7, 11) is 3.52. The Hall–Kier alpha value is -6.19. The van der Waals surface area contributed by atoms with E-state index >= 15 is 0 Å². The van der Waals surface area contributed by atoms with Gasteiger partial charge in [0, 0.05) is 36.3 Å². The first-order chi connectivity index (χ1) is 28.7. The second kappa shape index (κ2) is 19.0. The van der Waals surface area contributed by atoms with Gasteiger partial charge < -0.3 is 20.2 Å². The predicted octanol–water partition coefficient (Wildman–Crippen LogP) is 8.02. The predicted molar refractivity (Wildman–Crippen MR) is 236 cm³/mol. The van der Waals surface area contributed by atoms with E-state index in [1.165, 1.54) is 0 Å². The van der Waals surface area contributed by atoms with E-state index in [0.29, 0.717) is 30.9 Å². The van der Waals surface area contributed by atoms with Crippen LogP contribution < -0.4 is 15.1 Å². The largest absolute Gasteiger partial charge is 0.392 e. The molecule has 2 N–H and O–H groups in total. The molecule has 5 aromatic carbocycles. The molecule has 0 aromatic heterocycles. The van der Waals surface area contributed by atoms with Crippen LogP contribution in [0.4, 0.5) is 11.4 Å². The SMILES string of the molecule is CC1N=C(c2ccccc2)c2ccccc2N(C)C1=O.CN1C(=O)C(NC(=O)C(CC2CCCC2)C(O)CCc2ccccc2)N=C(c2ccccc2)c2ccccc21. The summed E-state index contributed by atoms with van der Waals surface area (Å²) in [6.07, 6.45) is 4.37. The maximum absolute atomic E-state index is 13.8. The number of likely N-dealkylation sites (N-methyl/N-ethyl adjacent to an activating group) is 2. The van der Waals surface area contributed by atoms with Gasteiger partial charge in [0.25, 0.3) is 11.8 Å². The molecule has 4 atom stereocenters. The molecule has 3 amide bonds. The molecule has 0 radical (unpaired) electrons. The van der Waals surface area contributed by atoms with Crippen LogP contribution in [0.1, 0.15) is 73.3 Å². The zero-order valence-electron chi connectivity index (χ0n) is 34.1. The molecular formula is C50H53N5O4. The molecule has 1 aliphatic carbocycles. The number of rotatable bonds is 10. The number of amides is 3. The van der Waals surface area contributed by atoms with E-state index in [9.17, 15) is 19.5 Å². The zero-order valence-corrected chi connectivity index (χ0v) is 34.1. The molecule has 0 saturated heterocycles. The molecule has 0 spiro atoms. The molecule has 8 rings (SSSR count). The molecule has 1 fully saturated rings. The summed E-state index contributed by atoms with van der Waals surface area (Å²) in [6, 6.07) is 44.9. The van der Waals surface area contributed by atoms with Gasteiger partial charge >= 0.3 is 0 Å². The number of carbonyl (C=O) groups excluding carboxylic acids is 3. The standard InChI is InChI=1S/C33H37N3O3.C17H16N2O/c1-36-28-19-11-10-18-26(28)30(25-16-6-3-7-17-25)34-31(33(36)39)35-32(38)27(22-24-14-8-9-15-24)29(37)21-20-23-12-4-2-5-13-23;1-12-17(20)19(2)15-11-7-6-10-14(15)16(18-12)13-8-4-3-5-9-13/h2-7,10-13,16-19,24,27,29,31,37H,8-9,14-15,20-22H2,1H3,(H,35,38);3-12H,1-2H3. The van der Waals surface area contributed by atoms with E-state index in [1.54, 1.807) is 23.9 Å². The quantitative estimate of drug-likeness (QED) is 0.149. The molecular weight excluding hydrogens is 735 g/mol. The summed E-state index contributed by atoms with van der Waals surface area (Å²) < 4.78 is 0. The third-order valence-corrected chi connectivity index (χ3v) is 11.7. The fourth-order valence-electron chi connectivity index (χ4n) is 8.40. The highest BCUT2D eigenvalue weighted by Gasteiger charge is 2.36. The van der Waals surface area contributed by atoms with Crippen LogP contribution in [0.2, 0.25) is 0 Å². The minimum absolute atomic E-state index is 0.0170. The highest BCUT2D eigenvalue weighted by Crippen LogP contribution is 2.33. The first kappa shape index (κ1) is 41.0. The van der Waals surface area contributed by atoms with Crippen molar-refractivity contribution in [3.05, 3.63) is 167 Å². The minimum Gasteiger partial charge on any atom is -0.392 e. The van der Waals surface area contributed by atoms with Crippen molar-refractivity contribution in [2.75, 3.05) is 23.9 Å². The number of anilines is 2. The number of para-hydroxylation sites is 2. The molecule has 3 aliphatic rings. The topological polar surface area (TPSA) is 115 Å². The second-order valence-corrected chi connectivity index (χ2v) is 15.7. The minimum atomic E-state index is -1.09. The lowest BCUT2D eigenvalue weighted by atomic mass is 9.86. The number of nitrogens with zero attached hydrogens (tertiary/aromatic N) is 4. The molecule has 302 valence electrons. The van der Waals surface area contributed by atoms with Crippen molar-refractivity contribution in [3.63, 3.8) is 0 Å². The molecule has 0 bridgehead atoms. The number of fused-ring (bicyclic) bond motifs is 2. The van der Waals surface area contributed by atoms with Crippen molar-refractivity contribution in [3.8, 4) is 0 Å². The van der Waals surface area contributed by atoms with Gasteiger partial charge in [-0.3, -0.25) is 19.4 Å². The number of aliphatic hydroxyl groups is 1. The summed E-state index contributed by atoms with van der Waals surface area (Å²) >= 11 is 0. The average molecular weight is 788 g/mol. The number of carbonyl (C=O) groups is 3. The number of benzodiazepines with no additional fused rings is 2. The van der Waals surface area contributed by atoms with Crippen LogP contribution in [0, 0.1) is 11.8 Å². The van der Waals surface area contributed by atoms with Crippen molar-refractivity contribution >= 4 is 40.5 Å². The van der Waals surface area contributed by atoms with Crippen LogP contribution in [0.15, 0.2) is 150 Å². The Labute approximate surface area is 347 Å². The fraction of sp³-hybridized carbons (Fsp3) is 0.300. The highest BCUT2D eigenvalue weighted by atomic mass is 16.3. The third-order valence-electron chi connectivity index (χ3n) is 11.7. The van der Waals surface area contributed by atoms with E-state index < -0.39 is 18.2 Å². The Bertz CT molecular complexity index is 2290. The van der Waals surface area contributed by atoms with Crippen LogP contribution in [0.25, 0.3) is 0 Å². The maximum Gasteiger partial charge on any atom is 0.272 e. The van der Waals surface area contributed by atoms with Crippen LogP contribution in [-0.2, 0) is 20.8 Å². The first-order valence-corrected chi connectivity index (χ1v) is 20.7. The molecule has 59 heavy (non-hydrogen) atoms. The Kier molecular flexibility index (Phi) is 13.2. The summed E-state index contributed by atoms with van der Waals surface area (Å²) in [5, 5.41) is 14.2. The number of aryl methyl sites for hydroxylation is 1. The molecule has 4 unspecified atom stereocenters. The van der Waals surface area contributed by atoms with Crippen LogP contribution >= 0.6 is 0 Å². The molecule has 2 heterocycles. The smallest absolute Gasteiger partial charge is 0.272 e. The number of hydrogen-bond acceptors (Lipinski definition) is 6. The summed E-state index contributed by atoms with van der Waals surface area (Å²) in [4.78, 5) is 52.5. The number of hydrogen-bond donors (Lipinski definition) is 2. The monoisotopic (exact) mass is 787 g/mol. The summed E-state index contributed by atoms with van der Waals surface area (Å²) in [6.45, 7) is 1.84. The van der Waals surface area contributed by atoms with E-state index in [-0.39, 0.29) is 23.8 Å². The lowest BCUT2D eigenvalue weighted by Gasteiger charge is -2.27. The van der Waals surface area contributed by atoms with Crippen molar-refractivity contribution < 1.29 is 19.5 Å². The van der Waals surface area contributed by atoms with Crippen molar-refractivity contribution in [2.24, 2.45) is 21.8 Å². The molecule has 2 aliphatic heterocycles.